The molecule has 0 unspecified atom stereocenters. The van der Waals surface area contributed by atoms with Crippen LogP contribution in [0.5, 0.6) is 0 Å². The zero-order chi connectivity index (χ0) is 16.8. The van der Waals surface area contributed by atoms with Crippen molar-refractivity contribution in [1.82, 2.24) is 4.98 Å². The van der Waals surface area contributed by atoms with Crippen molar-refractivity contribution in [3.8, 4) is 0 Å². The monoisotopic (exact) mass is 337 g/mol. The smallest absolute Gasteiger partial charge is 0.256 e. The van der Waals surface area contributed by atoms with E-state index in [1.54, 1.807) is 60.0 Å². The van der Waals surface area contributed by atoms with Crippen LogP contribution < -0.4 is 10.6 Å². The maximum atomic E-state index is 12.2. The van der Waals surface area contributed by atoms with Gasteiger partial charge < -0.3 is 10.6 Å². The lowest BCUT2D eigenvalue weighted by molar-refractivity contribution is -0.115. The summed E-state index contributed by atoms with van der Waals surface area (Å²) in [4.78, 5) is 28.3. The fourth-order valence-corrected chi connectivity index (χ4v) is 2.82. The van der Waals surface area contributed by atoms with Gasteiger partial charge in [0.25, 0.3) is 5.91 Å². The van der Waals surface area contributed by atoms with Crippen LogP contribution in [0, 0.1) is 0 Å². The SMILES string of the molecule is O=C(Cc1ccsc1)Nc1cccc(C(=O)Nc2ccccn2)c1. The van der Waals surface area contributed by atoms with Gasteiger partial charge in [-0.25, -0.2) is 4.98 Å². The molecule has 0 bridgehead atoms. The summed E-state index contributed by atoms with van der Waals surface area (Å²) >= 11 is 1.56. The third kappa shape index (κ3) is 4.27. The van der Waals surface area contributed by atoms with Crippen molar-refractivity contribution in [3.05, 3.63) is 76.6 Å². The van der Waals surface area contributed by atoms with Crippen LogP contribution in [0.3, 0.4) is 0 Å². The molecule has 2 N–H and O–H groups in total. The summed E-state index contributed by atoms with van der Waals surface area (Å²) in [6.07, 6.45) is 1.92. The molecule has 120 valence electrons. The number of benzene rings is 1. The number of carbonyl (C=O) groups is 2. The largest absolute Gasteiger partial charge is 0.326 e. The third-order valence-electron chi connectivity index (χ3n) is 3.26. The molecule has 1 aromatic carbocycles. The average Bonchev–Trinajstić information content (AvgIpc) is 3.09. The summed E-state index contributed by atoms with van der Waals surface area (Å²) in [6, 6.07) is 14.0. The molecule has 0 fully saturated rings. The first-order chi connectivity index (χ1) is 11.7. The molecule has 0 spiro atoms. The number of hydrogen-bond acceptors (Lipinski definition) is 4. The van der Waals surface area contributed by atoms with Gasteiger partial charge in [-0.3, -0.25) is 9.59 Å². The minimum absolute atomic E-state index is 0.115. The Kier molecular flexibility index (Phi) is 4.98. The lowest BCUT2D eigenvalue weighted by Gasteiger charge is -2.08. The molecule has 24 heavy (non-hydrogen) atoms. The molecule has 3 rings (SSSR count). The second-order valence-electron chi connectivity index (χ2n) is 5.11. The highest BCUT2D eigenvalue weighted by atomic mass is 32.1. The predicted molar refractivity (Wildman–Crippen MR) is 95.3 cm³/mol. The zero-order valence-electron chi connectivity index (χ0n) is 12.7. The predicted octanol–water partition coefficient (Wildman–Crippen LogP) is 3.58. The summed E-state index contributed by atoms with van der Waals surface area (Å²) in [5, 5.41) is 9.40. The number of nitrogens with one attached hydrogen (secondary N) is 2. The minimum atomic E-state index is -0.275. The topological polar surface area (TPSA) is 71.1 Å². The van der Waals surface area contributed by atoms with E-state index < -0.39 is 0 Å². The van der Waals surface area contributed by atoms with Crippen LogP contribution in [-0.2, 0) is 11.2 Å². The summed E-state index contributed by atoms with van der Waals surface area (Å²) in [5.74, 6) is 0.0905. The first-order valence-electron chi connectivity index (χ1n) is 7.34. The van der Waals surface area contributed by atoms with Gasteiger partial charge in [-0.15, -0.1) is 0 Å². The molecule has 0 aliphatic carbocycles. The molecule has 3 aromatic rings. The molecule has 0 radical (unpaired) electrons. The van der Waals surface area contributed by atoms with Crippen LogP contribution in [-0.4, -0.2) is 16.8 Å². The molecule has 0 atom stereocenters. The molecular weight excluding hydrogens is 322 g/mol. The van der Waals surface area contributed by atoms with Crippen LogP contribution in [0.25, 0.3) is 0 Å². The fraction of sp³-hybridized carbons (Fsp3) is 0.0556. The van der Waals surface area contributed by atoms with E-state index in [4.69, 9.17) is 0 Å². The number of anilines is 2. The molecule has 2 heterocycles. The van der Waals surface area contributed by atoms with E-state index in [0.29, 0.717) is 23.5 Å². The Hall–Kier alpha value is -2.99. The maximum Gasteiger partial charge on any atom is 0.256 e. The quantitative estimate of drug-likeness (QED) is 0.747. The van der Waals surface area contributed by atoms with Crippen LogP contribution in [0.4, 0.5) is 11.5 Å². The molecule has 6 heteroatoms. The normalized spacial score (nSPS) is 10.2. The van der Waals surface area contributed by atoms with Gasteiger partial charge in [0.1, 0.15) is 5.82 Å². The van der Waals surface area contributed by atoms with Crippen LogP contribution in [0.2, 0.25) is 0 Å². The Labute approximate surface area is 143 Å². The minimum Gasteiger partial charge on any atom is -0.326 e. The van der Waals surface area contributed by atoms with Gasteiger partial charge in [-0.1, -0.05) is 12.1 Å². The van der Waals surface area contributed by atoms with E-state index in [2.05, 4.69) is 15.6 Å². The van der Waals surface area contributed by atoms with Crippen molar-refractivity contribution in [2.24, 2.45) is 0 Å². The van der Waals surface area contributed by atoms with Crippen molar-refractivity contribution in [3.63, 3.8) is 0 Å². The van der Waals surface area contributed by atoms with Gasteiger partial charge in [0.2, 0.25) is 5.91 Å². The number of carbonyl (C=O) groups excluding carboxylic acids is 2. The summed E-state index contributed by atoms with van der Waals surface area (Å²) in [7, 11) is 0. The number of aromatic nitrogens is 1. The number of rotatable bonds is 5. The van der Waals surface area contributed by atoms with Crippen LogP contribution >= 0.6 is 11.3 Å². The first kappa shape index (κ1) is 15.9. The van der Waals surface area contributed by atoms with Gasteiger partial charge in [-0.2, -0.15) is 11.3 Å². The molecule has 0 aliphatic rings. The van der Waals surface area contributed by atoms with E-state index in [-0.39, 0.29) is 11.8 Å². The van der Waals surface area contributed by atoms with E-state index >= 15 is 0 Å². The Bertz CT molecular complexity index is 832. The van der Waals surface area contributed by atoms with Gasteiger partial charge in [0, 0.05) is 17.4 Å². The lowest BCUT2D eigenvalue weighted by atomic mass is 10.1. The van der Waals surface area contributed by atoms with E-state index in [1.807, 2.05) is 16.8 Å². The zero-order valence-corrected chi connectivity index (χ0v) is 13.5. The van der Waals surface area contributed by atoms with Gasteiger partial charge in [0.05, 0.1) is 6.42 Å². The van der Waals surface area contributed by atoms with Crippen LogP contribution in [0.1, 0.15) is 15.9 Å². The molecule has 5 nitrogen and oxygen atoms in total. The Balaban J connectivity index is 1.65. The molecular formula is C18H15N3O2S. The van der Waals surface area contributed by atoms with Crippen molar-refractivity contribution in [1.29, 1.82) is 0 Å². The summed E-state index contributed by atoms with van der Waals surface area (Å²) in [5.41, 5.74) is 2.01. The third-order valence-corrected chi connectivity index (χ3v) is 3.99. The van der Waals surface area contributed by atoms with Crippen molar-refractivity contribution in [2.75, 3.05) is 10.6 Å². The number of pyridine rings is 1. The molecule has 0 saturated heterocycles. The maximum absolute atomic E-state index is 12.2. The second kappa shape index (κ2) is 7.52. The number of thiophene rings is 1. The van der Waals surface area contributed by atoms with Gasteiger partial charge in [-0.05, 0) is 52.7 Å². The standard InChI is InChI=1S/C18H15N3O2S/c22-17(10-13-7-9-24-12-13)20-15-5-3-4-14(11-15)18(23)21-16-6-1-2-8-19-16/h1-9,11-12H,10H2,(H,20,22)(H,19,21,23). The molecule has 0 saturated carbocycles. The molecule has 2 amide bonds. The van der Waals surface area contributed by atoms with E-state index in [9.17, 15) is 9.59 Å². The second-order valence-corrected chi connectivity index (χ2v) is 5.89. The Morgan fingerprint density at radius 3 is 2.71 bits per heavy atom. The number of nitrogens with zero attached hydrogens (tertiary/aromatic N) is 1. The molecule has 0 aliphatic heterocycles. The number of amides is 2. The lowest BCUT2D eigenvalue weighted by Crippen LogP contribution is -2.16. The Morgan fingerprint density at radius 2 is 1.96 bits per heavy atom. The Morgan fingerprint density at radius 1 is 1.04 bits per heavy atom. The highest BCUT2D eigenvalue weighted by Crippen LogP contribution is 2.14. The van der Waals surface area contributed by atoms with Gasteiger partial charge in [0.15, 0.2) is 0 Å². The summed E-state index contributed by atoms with van der Waals surface area (Å²) in [6.45, 7) is 0. The number of hydrogen-bond donors (Lipinski definition) is 2. The van der Waals surface area contributed by atoms with Crippen molar-refractivity contribution in [2.45, 2.75) is 6.42 Å². The van der Waals surface area contributed by atoms with Crippen LogP contribution in [0.15, 0.2) is 65.5 Å². The first-order valence-corrected chi connectivity index (χ1v) is 8.28. The highest BCUT2D eigenvalue weighted by molar-refractivity contribution is 7.08. The van der Waals surface area contributed by atoms with Crippen molar-refractivity contribution < 1.29 is 9.59 Å². The van der Waals surface area contributed by atoms with E-state index in [0.717, 1.165) is 5.56 Å². The summed E-state index contributed by atoms with van der Waals surface area (Å²) < 4.78 is 0. The van der Waals surface area contributed by atoms with Crippen molar-refractivity contribution >= 4 is 34.7 Å². The average molecular weight is 337 g/mol. The molecule has 2 aromatic heterocycles. The van der Waals surface area contributed by atoms with Gasteiger partial charge >= 0.3 is 0 Å². The fourth-order valence-electron chi connectivity index (χ4n) is 2.15. The highest BCUT2D eigenvalue weighted by Gasteiger charge is 2.09. The van der Waals surface area contributed by atoms with E-state index in [1.165, 1.54) is 0 Å².